The van der Waals surface area contributed by atoms with E-state index in [1.165, 1.54) is 0 Å². The predicted octanol–water partition coefficient (Wildman–Crippen LogP) is 5.67. The first-order chi connectivity index (χ1) is 13.2. The van der Waals surface area contributed by atoms with Crippen molar-refractivity contribution in [3.05, 3.63) is 40.5 Å². The molecule has 2 aliphatic carbocycles. The average Bonchev–Trinajstić information content (AvgIpc) is 3.07. The highest BCUT2D eigenvalue weighted by molar-refractivity contribution is 5.67. The number of rotatable bonds is 7. The van der Waals surface area contributed by atoms with Gasteiger partial charge in [-0.15, -0.1) is 0 Å². The number of hydrogen-bond acceptors (Lipinski definition) is 2. The minimum absolute atomic E-state index is 0.0328. The van der Waals surface area contributed by atoms with Crippen molar-refractivity contribution >= 4 is 5.97 Å². The van der Waals surface area contributed by atoms with Crippen molar-refractivity contribution in [2.45, 2.75) is 63.7 Å². The summed E-state index contributed by atoms with van der Waals surface area (Å²) in [6.45, 7) is 0.0462. The van der Waals surface area contributed by atoms with Gasteiger partial charge in [0.1, 0.15) is 6.61 Å². The number of ether oxygens (including phenoxy) is 1. The van der Waals surface area contributed by atoms with Gasteiger partial charge in [-0.05, 0) is 67.7 Å². The van der Waals surface area contributed by atoms with Gasteiger partial charge in [-0.3, -0.25) is 4.79 Å². The van der Waals surface area contributed by atoms with Gasteiger partial charge in [-0.25, -0.2) is 17.6 Å². The number of alkyl halides is 2. The number of hydrogen-bond donors (Lipinski definition) is 1. The fourth-order valence-electron chi connectivity index (χ4n) is 4.18. The maximum atomic E-state index is 14.2. The zero-order valence-corrected chi connectivity index (χ0v) is 15.6. The highest BCUT2D eigenvalue weighted by atomic mass is 19.3. The van der Waals surface area contributed by atoms with E-state index in [-0.39, 0.29) is 43.8 Å². The Morgan fingerprint density at radius 3 is 2.39 bits per heavy atom. The van der Waals surface area contributed by atoms with Gasteiger partial charge in [0.25, 0.3) is 0 Å². The van der Waals surface area contributed by atoms with Crippen LogP contribution < -0.4 is 4.74 Å². The number of allylic oxidation sites excluding steroid dienone is 1. The molecule has 3 rings (SSSR count). The SMILES string of the molecule is O=C(O)CCc1cc(F)c(OCC2=C(C3CCC(F)(F)CC3)CCC2)c(F)c1. The molecule has 1 N–H and O–H groups in total. The second kappa shape index (κ2) is 8.53. The zero-order valence-electron chi connectivity index (χ0n) is 15.6. The monoisotopic (exact) mass is 400 g/mol. The molecule has 28 heavy (non-hydrogen) atoms. The molecular weight excluding hydrogens is 376 g/mol. The van der Waals surface area contributed by atoms with E-state index in [2.05, 4.69) is 0 Å². The van der Waals surface area contributed by atoms with E-state index in [0.29, 0.717) is 12.8 Å². The summed E-state index contributed by atoms with van der Waals surface area (Å²) < 4.78 is 60.7. The summed E-state index contributed by atoms with van der Waals surface area (Å²) in [4.78, 5) is 10.6. The van der Waals surface area contributed by atoms with Crippen molar-refractivity contribution in [3.63, 3.8) is 0 Å². The molecule has 0 heterocycles. The van der Waals surface area contributed by atoms with E-state index in [0.717, 1.165) is 42.5 Å². The summed E-state index contributed by atoms with van der Waals surface area (Å²) in [5, 5.41) is 8.68. The smallest absolute Gasteiger partial charge is 0.303 e. The van der Waals surface area contributed by atoms with Gasteiger partial charge < -0.3 is 9.84 Å². The molecule has 0 bridgehead atoms. The quantitative estimate of drug-likeness (QED) is 0.474. The summed E-state index contributed by atoms with van der Waals surface area (Å²) in [7, 11) is 0. The number of carboxylic acids is 1. The number of aliphatic carboxylic acids is 1. The number of carboxylic acid groups (broad SMARTS) is 1. The standard InChI is InChI=1S/C21H24F4O3/c22-17-10-13(4-5-19(26)27)11-18(23)20(17)28-12-15-2-1-3-16(15)14-6-8-21(24,25)9-7-14/h10-11,14H,1-9,12H2,(H,26,27). The highest BCUT2D eigenvalue weighted by Gasteiger charge is 2.37. The van der Waals surface area contributed by atoms with Gasteiger partial charge in [0, 0.05) is 19.3 Å². The molecule has 0 radical (unpaired) electrons. The maximum Gasteiger partial charge on any atom is 0.303 e. The van der Waals surface area contributed by atoms with Gasteiger partial charge >= 0.3 is 5.97 Å². The van der Waals surface area contributed by atoms with Crippen LogP contribution in [0.1, 0.15) is 56.9 Å². The lowest BCUT2D eigenvalue weighted by Crippen LogP contribution is -2.25. The van der Waals surface area contributed by atoms with Crippen LogP contribution in [0.25, 0.3) is 0 Å². The molecule has 7 heteroatoms. The van der Waals surface area contributed by atoms with Crippen LogP contribution in [0.3, 0.4) is 0 Å². The van der Waals surface area contributed by atoms with Crippen LogP contribution >= 0.6 is 0 Å². The molecule has 0 saturated heterocycles. The van der Waals surface area contributed by atoms with Crippen molar-refractivity contribution in [2.75, 3.05) is 6.61 Å². The molecule has 0 amide bonds. The van der Waals surface area contributed by atoms with E-state index in [4.69, 9.17) is 9.84 Å². The predicted molar refractivity (Wildman–Crippen MR) is 95.6 cm³/mol. The Morgan fingerprint density at radius 2 is 1.79 bits per heavy atom. The van der Waals surface area contributed by atoms with Gasteiger partial charge in [-0.2, -0.15) is 0 Å². The Morgan fingerprint density at radius 1 is 1.14 bits per heavy atom. The molecule has 0 spiro atoms. The van der Waals surface area contributed by atoms with Crippen LogP contribution in [0.15, 0.2) is 23.3 Å². The Balaban J connectivity index is 1.66. The summed E-state index contributed by atoms with van der Waals surface area (Å²) in [6.07, 6.45) is 2.95. The van der Waals surface area contributed by atoms with Crippen LogP contribution in [0.2, 0.25) is 0 Å². The molecule has 2 aliphatic rings. The summed E-state index contributed by atoms with van der Waals surface area (Å²) in [5.74, 6) is -5.72. The van der Waals surface area contributed by atoms with Crippen LogP contribution in [0, 0.1) is 17.6 Å². The highest BCUT2D eigenvalue weighted by Crippen LogP contribution is 2.43. The van der Waals surface area contributed by atoms with Gasteiger partial charge in [0.2, 0.25) is 5.92 Å². The van der Waals surface area contributed by atoms with Crippen LogP contribution in [0.5, 0.6) is 5.75 Å². The number of halogens is 4. The summed E-state index contributed by atoms with van der Waals surface area (Å²) >= 11 is 0. The number of carbonyl (C=O) groups is 1. The molecule has 1 fully saturated rings. The third-order valence-corrected chi connectivity index (χ3v) is 5.67. The van der Waals surface area contributed by atoms with Gasteiger partial charge in [0.05, 0.1) is 0 Å². The van der Waals surface area contributed by atoms with E-state index >= 15 is 0 Å². The molecule has 1 aromatic rings. The van der Waals surface area contributed by atoms with E-state index in [9.17, 15) is 22.4 Å². The molecule has 3 nitrogen and oxygen atoms in total. The number of aryl methyl sites for hydroxylation is 1. The van der Waals surface area contributed by atoms with Crippen molar-refractivity contribution in [3.8, 4) is 5.75 Å². The van der Waals surface area contributed by atoms with Crippen molar-refractivity contribution < 1.29 is 32.2 Å². The first kappa shape index (κ1) is 20.7. The average molecular weight is 400 g/mol. The van der Waals surface area contributed by atoms with E-state index in [1.807, 2.05) is 0 Å². The summed E-state index contributed by atoms with van der Waals surface area (Å²) in [6, 6.07) is 2.18. The molecule has 154 valence electrons. The second-order valence-corrected chi connectivity index (χ2v) is 7.68. The first-order valence-corrected chi connectivity index (χ1v) is 9.66. The molecular formula is C21H24F4O3. The van der Waals surface area contributed by atoms with Crippen molar-refractivity contribution in [1.29, 1.82) is 0 Å². The van der Waals surface area contributed by atoms with Crippen LogP contribution in [0.4, 0.5) is 17.6 Å². The van der Waals surface area contributed by atoms with E-state index < -0.39 is 29.3 Å². The Kier molecular flexibility index (Phi) is 6.30. The fraction of sp³-hybridized carbons (Fsp3) is 0.571. The van der Waals surface area contributed by atoms with Crippen LogP contribution in [-0.4, -0.2) is 23.6 Å². The van der Waals surface area contributed by atoms with Crippen molar-refractivity contribution in [1.82, 2.24) is 0 Å². The molecule has 0 aliphatic heterocycles. The topological polar surface area (TPSA) is 46.5 Å². The van der Waals surface area contributed by atoms with Gasteiger partial charge in [-0.1, -0.05) is 5.57 Å². The maximum absolute atomic E-state index is 14.2. The number of benzene rings is 1. The molecule has 1 saturated carbocycles. The molecule has 0 atom stereocenters. The third kappa shape index (κ3) is 5.06. The Labute approximate surface area is 161 Å². The normalized spacial score (nSPS) is 19.9. The molecule has 0 unspecified atom stereocenters. The molecule has 1 aromatic carbocycles. The second-order valence-electron chi connectivity index (χ2n) is 7.68. The zero-order chi connectivity index (χ0) is 20.3. The minimum atomic E-state index is -2.58. The summed E-state index contributed by atoms with van der Waals surface area (Å²) in [5.41, 5.74) is 2.34. The van der Waals surface area contributed by atoms with Gasteiger partial charge in [0.15, 0.2) is 17.4 Å². The largest absolute Gasteiger partial charge is 0.483 e. The Bertz CT molecular complexity index is 740. The van der Waals surface area contributed by atoms with E-state index in [1.54, 1.807) is 0 Å². The lowest BCUT2D eigenvalue weighted by Gasteiger charge is -2.30. The third-order valence-electron chi connectivity index (χ3n) is 5.67. The Hall–Kier alpha value is -2.05. The van der Waals surface area contributed by atoms with Crippen LogP contribution in [-0.2, 0) is 11.2 Å². The molecule has 0 aromatic heterocycles. The lowest BCUT2D eigenvalue weighted by atomic mass is 9.80. The fourth-order valence-corrected chi connectivity index (χ4v) is 4.18. The first-order valence-electron chi connectivity index (χ1n) is 9.66. The van der Waals surface area contributed by atoms with Crippen molar-refractivity contribution in [2.24, 2.45) is 5.92 Å². The minimum Gasteiger partial charge on any atom is -0.483 e. The lowest BCUT2D eigenvalue weighted by molar-refractivity contribution is -0.136.